The van der Waals surface area contributed by atoms with Gasteiger partial charge in [-0.1, -0.05) is 141 Å². The first-order chi connectivity index (χ1) is 21.6. The molecule has 0 spiro atoms. The molecule has 0 aromatic carbocycles. The fourth-order valence-electron chi connectivity index (χ4n) is 5.31. The van der Waals surface area contributed by atoms with Gasteiger partial charge in [0, 0.05) is 12.8 Å². The van der Waals surface area contributed by atoms with Gasteiger partial charge in [0.1, 0.15) is 6.61 Å². The maximum atomic E-state index is 12.1. The number of esters is 2. The van der Waals surface area contributed by atoms with Crippen LogP contribution in [0.3, 0.4) is 0 Å². The number of hydrogen-bond donors (Lipinski definition) is 1. The highest BCUT2D eigenvalue weighted by molar-refractivity contribution is 5.70. The smallest absolute Gasteiger partial charge is 0.306 e. The number of unbranched alkanes of at least 4 members (excludes halogenated alkanes) is 22. The second-order valence-corrected chi connectivity index (χ2v) is 12.6. The molecule has 0 amide bonds. The van der Waals surface area contributed by atoms with Gasteiger partial charge in [-0.25, -0.2) is 0 Å². The minimum absolute atomic E-state index is 0.0709. The van der Waals surface area contributed by atoms with E-state index in [1.807, 2.05) is 0 Å². The topological polar surface area (TPSA) is 72.8 Å². The molecule has 5 heteroatoms. The van der Waals surface area contributed by atoms with Gasteiger partial charge in [0.25, 0.3) is 0 Å². The molecule has 1 N–H and O–H groups in total. The van der Waals surface area contributed by atoms with E-state index in [0.29, 0.717) is 12.8 Å². The molecular weight excluding hydrogens is 548 g/mol. The average Bonchev–Trinajstić information content (AvgIpc) is 3.02. The molecule has 0 aromatic rings. The summed E-state index contributed by atoms with van der Waals surface area (Å²) < 4.78 is 10.6. The Morgan fingerprint density at radius 1 is 0.500 bits per heavy atom. The number of hydrogen-bond acceptors (Lipinski definition) is 5. The monoisotopic (exact) mass is 621 g/mol. The van der Waals surface area contributed by atoms with Crippen LogP contribution in [-0.4, -0.2) is 36.4 Å². The van der Waals surface area contributed by atoms with E-state index in [1.54, 1.807) is 0 Å². The number of aliphatic hydroxyl groups excluding tert-OH is 1. The van der Waals surface area contributed by atoms with Crippen molar-refractivity contribution in [2.24, 2.45) is 0 Å². The van der Waals surface area contributed by atoms with Crippen molar-refractivity contribution < 1.29 is 24.2 Å². The average molecular weight is 621 g/mol. The minimum atomic E-state index is -0.774. The molecule has 0 aliphatic carbocycles. The zero-order valence-corrected chi connectivity index (χ0v) is 29.2. The molecule has 0 aliphatic heterocycles. The third-order valence-electron chi connectivity index (χ3n) is 8.22. The Labute approximate surface area is 273 Å². The maximum Gasteiger partial charge on any atom is 0.306 e. The molecule has 258 valence electrons. The summed E-state index contributed by atoms with van der Waals surface area (Å²) in [6.45, 7) is 4.11. The molecule has 0 rings (SSSR count). The van der Waals surface area contributed by atoms with Crippen LogP contribution in [-0.2, 0) is 19.1 Å². The van der Waals surface area contributed by atoms with Crippen LogP contribution in [0.1, 0.15) is 194 Å². The van der Waals surface area contributed by atoms with Crippen molar-refractivity contribution in [1.29, 1.82) is 0 Å². The standard InChI is InChI=1S/C39H72O5/c1-3-5-7-9-11-13-15-17-19-21-23-25-27-29-31-33-38(41)43-36-37(35-40)44-39(42)34-32-30-28-26-24-22-20-18-16-14-12-10-8-6-4-2/h17-20,37,40H,3-16,21-36H2,1-2H3/t37-/m1/s1. The summed E-state index contributed by atoms with van der Waals surface area (Å²) in [5, 5.41) is 9.53. The second kappa shape index (κ2) is 35.9. The summed E-state index contributed by atoms with van der Waals surface area (Å²) in [7, 11) is 0. The number of aliphatic hydroxyl groups is 1. The van der Waals surface area contributed by atoms with E-state index in [1.165, 1.54) is 116 Å². The molecular formula is C39H72O5. The van der Waals surface area contributed by atoms with Gasteiger partial charge in [0.05, 0.1) is 6.61 Å². The molecule has 44 heavy (non-hydrogen) atoms. The molecule has 0 unspecified atom stereocenters. The van der Waals surface area contributed by atoms with Gasteiger partial charge >= 0.3 is 11.9 Å². The normalized spacial score (nSPS) is 12.3. The Morgan fingerprint density at radius 3 is 1.23 bits per heavy atom. The van der Waals surface area contributed by atoms with Gasteiger partial charge in [-0.05, 0) is 64.2 Å². The molecule has 5 nitrogen and oxygen atoms in total. The highest BCUT2D eigenvalue weighted by Crippen LogP contribution is 2.12. The van der Waals surface area contributed by atoms with Crippen LogP contribution < -0.4 is 0 Å². The zero-order valence-electron chi connectivity index (χ0n) is 29.2. The van der Waals surface area contributed by atoms with Gasteiger partial charge in [-0.2, -0.15) is 0 Å². The fraction of sp³-hybridized carbons (Fsp3) is 0.846. The van der Waals surface area contributed by atoms with E-state index in [0.717, 1.165) is 51.4 Å². The Hall–Kier alpha value is -1.62. The maximum absolute atomic E-state index is 12.1. The van der Waals surface area contributed by atoms with Crippen LogP contribution in [0, 0.1) is 0 Å². The fourth-order valence-corrected chi connectivity index (χ4v) is 5.31. The van der Waals surface area contributed by atoms with E-state index >= 15 is 0 Å². The number of carbonyl (C=O) groups is 2. The summed E-state index contributed by atoms with van der Waals surface area (Å²) in [6.07, 6.45) is 40.9. The summed E-state index contributed by atoms with van der Waals surface area (Å²) in [6, 6.07) is 0. The van der Waals surface area contributed by atoms with Crippen LogP contribution in [0.15, 0.2) is 24.3 Å². The summed E-state index contributed by atoms with van der Waals surface area (Å²) in [5.74, 6) is -0.607. The van der Waals surface area contributed by atoms with Crippen molar-refractivity contribution in [2.45, 2.75) is 200 Å². The first-order valence-corrected chi connectivity index (χ1v) is 18.9. The molecule has 0 radical (unpaired) electrons. The highest BCUT2D eigenvalue weighted by atomic mass is 16.6. The van der Waals surface area contributed by atoms with Crippen molar-refractivity contribution in [3.8, 4) is 0 Å². The van der Waals surface area contributed by atoms with Gasteiger partial charge in [0.2, 0.25) is 0 Å². The molecule has 0 aliphatic rings. The van der Waals surface area contributed by atoms with Crippen LogP contribution in [0.5, 0.6) is 0 Å². The quantitative estimate of drug-likeness (QED) is 0.0440. The molecule has 0 aromatic heterocycles. The van der Waals surface area contributed by atoms with Crippen molar-refractivity contribution in [3.63, 3.8) is 0 Å². The molecule has 0 fully saturated rings. The van der Waals surface area contributed by atoms with Crippen LogP contribution in [0.25, 0.3) is 0 Å². The molecule has 0 saturated carbocycles. The predicted octanol–water partition coefficient (Wildman–Crippen LogP) is 11.5. The van der Waals surface area contributed by atoms with Crippen molar-refractivity contribution in [3.05, 3.63) is 24.3 Å². The van der Waals surface area contributed by atoms with Crippen LogP contribution >= 0.6 is 0 Å². The molecule has 0 bridgehead atoms. The third-order valence-corrected chi connectivity index (χ3v) is 8.22. The SMILES string of the molecule is CCCCCCCCC=CCCCCCCCC(=O)OC[C@@H](CO)OC(=O)CCCCCCCC=CCCCCCCCC. The summed E-state index contributed by atoms with van der Waals surface area (Å²) in [5.41, 5.74) is 0. The summed E-state index contributed by atoms with van der Waals surface area (Å²) in [4.78, 5) is 24.2. The Balaban J connectivity index is 3.58. The Morgan fingerprint density at radius 2 is 0.841 bits per heavy atom. The first kappa shape index (κ1) is 42.4. The number of carbonyl (C=O) groups excluding carboxylic acids is 2. The van der Waals surface area contributed by atoms with Crippen molar-refractivity contribution in [1.82, 2.24) is 0 Å². The van der Waals surface area contributed by atoms with Gasteiger partial charge < -0.3 is 14.6 Å². The minimum Gasteiger partial charge on any atom is -0.462 e. The van der Waals surface area contributed by atoms with Gasteiger partial charge in [-0.15, -0.1) is 0 Å². The van der Waals surface area contributed by atoms with E-state index in [-0.39, 0.29) is 25.2 Å². The van der Waals surface area contributed by atoms with E-state index in [9.17, 15) is 14.7 Å². The van der Waals surface area contributed by atoms with Crippen LogP contribution in [0.4, 0.5) is 0 Å². The number of ether oxygens (including phenoxy) is 2. The molecule has 0 saturated heterocycles. The van der Waals surface area contributed by atoms with Gasteiger partial charge in [-0.3, -0.25) is 9.59 Å². The Bertz CT molecular complexity index is 671. The van der Waals surface area contributed by atoms with Crippen LogP contribution in [0.2, 0.25) is 0 Å². The van der Waals surface area contributed by atoms with Crippen molar-refractivity contribution in [2.75, 3.05) is 13.2 Å². The predicted molar refractivity (Wildman–Crippen MR) is 187 cm³/mol. The lowest BCUT2D eigenvalue weighted by molar-refractivity contribution is -0.161. The van der Waals surface area contributed by atoms with Gasteiger partial charge in [0.15, 0.2) is 6.10 Å². The highest BCUT2D eigenvalue weighted by Gasteiger charge is 2.16. The van der Waals surface area contributed by atoms with Crippen molar-refractivity contribution >= 4 is 11.9 Å². The lowest BCUT2D eigenvalue weighted by atomic mass is 10.1. The van der Waals surface area contributed by atoms with E-state index < -0.39 is 6.10 Å². The lowest BCUT2D eigenvalue weighted by Gasteiger charge is -2.15. The molecule has 0 heterocycles. The number of rotatable bonds is 34. The second-order valence-electron chi connectivity index (χ2n) is 12.6. The van der Waals surface area contributed by atoms with E-state index in [2.05, 4.69) is 38.2 Å². The third kappa shape index (κ3) is 33.3. The van der Waals surface area contributed by atoms with E-state index in [4.69, 9.17) is 9.47 Å². The molecule has 1 atom stereocenters. The lowest BCUT2D eigenvalue weighted by Crippen LogP contribution is -2.28. The number of allylic oxidation sites excluding steroid dienone is 4. The zero-order chi connectivity index (χ0) is 32.2. The largest absolute Gasteiger partial charge is 0.462 e. The summed E-state index contributed by atoms with van der Waals surface area (Å²) >= 11 is 0. The first-order valence-electron chi connectivity index (χ1n) is 18.9. The Kier molecular flexibility index (Phi) is 34.5.